The van der Waals surface area contributed by atoms with Gasteiger partial charge in [-0.05, 0) is 68.3 Å². The number of fused-ring (bicyclic) bond motifs is 5. The molecule has 0 amide bonds. The molecule has 0 aromatic heterocycles. The molecular weight excluding hydrogens is 216 g/mol. The van der Waals surface area contributed by atoms with Crippen molar-refractivity contribution in [3.63, 3.8) is 0 Å². The Kier molecular flexibility index (Phi) is 2.24. The molecule has 3 aliphatic carbocycles. The first kappa shape index (κ1) is 10.8. The van der Waals surface area contributed by atoms with Gasteiger partial charge in [0.25, 0.3) is 0 Å². The summed E-state index contributed by atoms with van der Waals surface area (Å²) < 4.78 is 0. The van der Waals surface area contributed by atoms with E-state index in [-0.39, 0.29) is 0 Å². The molecule has 0 heteroatoms. The summed E-state index contributed by atoms with van der Waals surface area (Å²) >= 11 is 0. The second-order valence-corrected chi connectivity index (χ2v) is 6.79. The highest BCUT2D eigenvalue weighted by Crippen LogP contribution is 2.60. The summed E-state index contributed by atoms with van der Waals surface area (Å²) in [5.74, 6) is 4.63. The molecule has 0 saturated heterocycles. The topological polar surface area (TPSA) is 0 Å². The third kappa shape index (κ3) is 1.44. The van der Waals surface area contributed by atoms with E-state index in [0.717, 1.165) is 29.6 Å². The minimum atomic E-state index is 0.841. The largest absolute Gasteiger partial charge is 0.0848 e. The molecule has 5 atom stereocenters. The quantitative estimate of drug-likeness (QED) is 0.626. The molecule has 3 aliphatic rings. The van der Waals surface area contributed by atoms with Crippen molar-refractivity contribution in [1.29, 1.82) is 0 Å². The second-order valence-electron chi connectivity index (χ2n) is 6.79. The normalized spacial score (nSPS) is 40.4. The minimum Gasteiger partial charge on any atom is -0.0848 e. The Morgan fingerprint density at radius 1 is 0.889 bits per heavy atom. The number of rotatable bonds is 1. The van der Waals surface area contributed by atoms with Gasteiger partial charge in [-0.2, -0.15) is 0 Å². The van der Waals surface area contributed by atoms with Gasteiger partial charge in [-0.25, -0.2) is 0 Å². The molecule has 2 bridgehead atoms. The number of allylic oxidation sites excluding steroid dienone is 2. The van der Waals surface area contributed by atoms with Crippen LogP contribution in [0.3, 0.4) is 0 Å². The van der Waals surface area contributed by atoms with Crippen molar-refractivity contribution in [2.75, 3.05) is 0 Å². The smallest absolute Gasteiger partial charge is 0.0125 e. The molecule has 0 nitrogen and oxygen atoms in total. The molecule has 0 aliphatic heterocycles. The van der Waals surface area contributed by atoms with Crippen LogP contribution in [0.1, 0.15) is 41.9 Å². The van der Waals surface area contributed by atoms with Crippen molar-refractivity contribution in [2.45, 2.75) is 39.0 Å². The number of aryl methyl sites for hydroxylation is 2. The first-order valence-corrected chi connectivity index (χ1v) is 7.49. The van der Waals surface area contributed by atoms with Crippen LogP contribution in [0.4, 0.5) is 0 Å². The standard InChI is InChI=1S/C18H22/c1-11-7-12(2)9-15(8-11)17-6-5-16-13-3-4-14(10-13)18(16)17/h3-4,7-9,13-14,16-18H,5-6,10H2,1-2H3/t13-,14+,16-,17?,18+/m1/s1. The van der Waals surface area contributed by atoms with Crippen LogP contribution < -0.4 is 0 Å². The van der Waals surface area contributed by atoms with E-state index in [1.807, 2.05) is 0 Å². The zero-order valence-electron chi connectivity index (χ0n) is 11.4. The van der Waals surface area contributed by atoms with Gasteiger partial charge in [-0.3, -0.25) is 0 Å². The first-order chi connectivity index (χ1) is 8.72. The molecule has 0 spiro atoms. The van der Waals surface area contributed by atoms with Gasteiger partial charge in [0.05, 0.1) is 0 Å². The highest BCUT2D eigenvalue weighted by atomic mass is 14.6. The Hall–Kier alpha value is -1.04. The SMILES string of the molecule is Cc1cc(C)cc(C2CC[C@H]3[C@@H]2[C@H]2C=C[C@@H]3C2)c1. The molecule has 0 heterocycles. The maximum absolute atomic E-state index is 2.52. The zero-order chi connectivity index (χ0) is 12.3. The van der Waals surface area contributed by atoms with E-state index in [4.69, 9.17) is 0 Å². The highest BCUT2D eigenvalue weighted by Gasteiger charge is 2.51. The molecule has 94 valence electrons. The van der Waals surface area contributed by atoms with Crippen molar-refractivity contribution < 1.29 is 0 Å². The van der Waals surface area contributed by atoms with Gasteiger partial charge < -0.3 is 0 Å². The average Bonchev–Trinajstić information content (AvgIpc) is 3.00. The summed E-state index contributed by atoms with van der Waals surface area (Å²) in [6.07, 6.45) is 9.37. The average molecular weight is 238 g/mol. The van der Waals surface area contributed by atoms with Gasteiger partial charge in [0.2, 0.25) is 0 Å². The molecule has 0 N–H and O–H groups in total. The molecule has 18 heavy (non-hydrogen) atoms. The van der Waals surface area contributed by atoms with Crippen LogP contribution in [0.5, 0.6) is 0 Å². The van der Waals surface area contributed by atoms with Crippen molar-refractivity contribution in [3.8, 4) is 0 Å². The Morgan fingerprint density at radius 2 is 1.61 bits per heavy atom. The third-order valence-corrected chi connectivity index (χ3v) is 5.64. The lowest BCUT2D eigenvalue weighted by atomic mass is 9.78. The third-order valence-electron chi connectivity index (χ3n) is 5.64. The Bertz CT molecular complexity index is 491. The van der Waals surface area contributed by atoms with Gasteiger partial charge >= 0.3 is 0 Å². The molecule has 0 radical (unpaired) electrons. The van der Waals surface area contributed by atoms with Gasteiger partial charge in [-0.1, -0.05) is 41.5 Å². The van der Waals surface area contributed by atoms with Crippen molar-refractivity contribution in [3.05, 3.63) is 47.0 Å². The van der Waals surface area contributed by atoms with Crippen LogP contribution in [-0.2, 0) is 0 Å². The lowest BCUT2D eigenvalue weighted by molar-refractivity contribution is 0.338. The number of hydrogen-bond donors (Lipinski definition) is 0. The molecule has 2 fully saturated rings. The van der Waals surface area contributed by atoms with Gasteiger partial charge in [-0.15, -0.1) is 0 Å². The fourth-order valence-electron chi connectivity index (χ4n) is 5.14. The second kappa shape index (κ2) is 3.73. The van der Waals surface area contributed by atoms with E-state index in [1.165, 1.54) is 30.4 Å². The first-order valence-electron chi connectivity index (χ1n) is 7.49. The van der Waals surface area contributed by atoms with E-state index in [2.05, 4.69) is 44.2 Å². The molecular formula is C18H22. The monoisotopic (exact) mass is 238 g/mol. The molecule has 1 aromatic carbocycles. The highest BCUT2D eigenvalue weighted by molar-refractivity contribution is 5.34. The lowest BCUT2D eigenvalue weighted by Crippen LogP contribution is -2.18. The van der Waals surface area contributed by atoms with Crippen molar-refractivity contribution >= 4 is 0 Å². The van der Waals surface area contributed by atoms with Crippen LogP contribution in [-0.4, -0.2) is 0 Å². The van der Waals surface area contributed by atoms with Gasteiger partial charge in [0.1, 0.15) is 0 Å². The van der Waals surface area contributed by atoms with Crippen LogP contribution >= 0.6 is 0 Å². The zero-order valence-corrected chi connectivity index (χ0v) is 11.4. The predicted octanol–water partition coefficient (Wildman–Crippen LogP) is 4.62. The summed E-state index contributed by atoms with van der Waals surface area (Å²) in [6.45, 7) is 4.48. The molecule has 1 aromatic rings. The van der Waals surface area contributed by atoms with E-state index in [0.29, 0.717) is 0 Å². The van der Waals surface area contributed by atoms with Crippen LogP contribution in [0.2, 0.25) is 0 Å². The Labute approximate surface area is 110 Å². The summed E-state index contributed by atoms with van der Waals surface area (Å²) in [5, 5.41) is 0. The van der Waals surface area contributed by atoms with Crippen LogP contribution in [0.25, 0.3) is 0 Å². The summed E-state index contributed by atoms with van der Waals surface area (Å²) in [6, 6.07) is 7.18. The van der Waals surface area contributed by atoms with E-state index < -0.39 is 0 Å². The molecule has 1 unspecified atom stereocenters. The Balaban J connectivity index is 1.71. The van der Waals surface area contributed by atoms with Crippen LogP contribution in [0, 0.1) is 37.5 Å². The maximum atomic E-state index is 2.52. The maximum Gasteiger partial charge on any atom is -0.0125 e. The minimum absolute atomic E-state index is 0.841. The summed E-state index contributed by atoms with van der Waals surface area (Å²) in [5.41, 5.74) is 4.50. The predicted molar refractivity (Wildman–Crippen MR) is 75.6 cm³/mol. The van der Waals surface area contributed by atoms with E-state index in [9.17, 15) is 0 Å². The van der Waals surface area contributed by atoms with E-state index in [1.54, 1.807) is 5.56 Å². The number of benzene rings is 1. The van der Waals surface area contributed by atoms with Gasteiger partial charge in [0.15, 0.2) is 0 Å². The van der Waals surface area contributed by atoms with Crippen LogP contribution in [0.15, 0.2) is 30.4 Å². The van der Waals surface area contributed by atoms with Crippen molar-refractivity contribution in [1.82, 2.24) is 0 Å². The summed E-state index contributed by atoms with van der Waals surface area (Å²) in [7, 11) is 0. The molecule has 2 saturated carbocycles. The fourth-order valence-corrected chi connectivity index (χ4v) is 5.14. The fraction of sp³-hybridized carbons (Fsp3) is 0.556. The molecule has 4 rings (SSSR count). The Morgan fingerprint density at radius 3 is 2.39 bits per heavy atom. The van der Waals surface area contributed by atoms with E-state index >= 15 is 0 Å². The summed E-state index contributed by atoms with van der Waals surface area (Å²) in [4.78, 5) is 0. The van der Waals surface area contributed by atoms with Crippen molar-refractivity contribution in [2.24, 2.45) is 23.7 Å². The van der Waals surface area contributed by atoms with Gasteiger partial charge in [0, 0.05) is 0 Å². The number of hydrogen-bond acceptors (Lipinski definition) is 0. The lowest BCUT2D eigenvalue weighted by Gasteiger charge is -2.26.